The van der Waals surface area contributed by atoms with Gasteiger partial charge in [-0.25, -0.2) is 4.79 Å². The van der Waals surface area contributed by atoms with E-state index in [4.69, 9.17) is 4.52 Å². The number of aromatic nitrogens is 1. The van der Waals surface area contributed by atoms with Crippen LogP contribution < -0.4 is 10.6 Å². The Morgan fingerprint density at radius 1 is 1.38 bits per heavy atom. The number of hydrogen-bond acceptors (Lipinski definition) is 3. The average molecular weight is 327 g/mol. The van der Waals surface area contributed by atoms with Gasteiger partial charge in [0.05, 0.1) is 11.7 Å². The lowest BCUT2D eigenvalue weighted by Crippen LogP contribution is -2.43. The number of fused-ring (bicyclic) bond motifs is 1. The average Bonchev–Trinajstić information content (AvgIpc) is 2.87. The smallest absolute Gasteiger partial charge is 0.315 e. The number of carbonyl (C=O) groups excluding carboxylic acids is 1. The van der Waals surface area contributed by atoms with E-state index in [9.17, 15) is 4.79 Å². The Kier molecular flexibility index (Phi) is 4.88. The number of nitrogens with zero attached hydrogens (tertiary/aromatic N) is 1. The summed E-state index contributed by atoms with van der Waals surface area (Å²) in [5, 5.41) is 10.1. The van der Waals surface area contributed by atoms with Crippen LogP contribution in [-0.4, -0.2) is 17.2 Å². The van der Waals surface area contributed by atoms with Crippen molar-refractivity contribution < 1.29 is 9.32 Å². The Morgan fingerprint density at radius 3 is 2.92 bits per heavy atom. The number of aryl methyl sites for hydroxylation is 3. The van der Waals surface area contributed by atoms with E-state index in [2.05, 4.69) is 34.0 Å². The first-order valence-corrected chi connectivity index (χ1v) is 8.61. The summed E-state index contributed by atoms with van der Waals surface area (Å²) in [6.45, 7) is 5.83. The molecule has 2 N–H and O–H groups in total. The van der Waals surface area contributed by atoms with Gasteiger partial charge in [0, 0.05) is 11.6 Å². The van der Waals surface area contributed by atoms with E-state index in [-0.39, 0.29) is 18.1 Å². The Labute approximate surface area is 142 Å². The summed E-state index contributed by atoms with van der Waals surface area (Å²) in [7, 11) is 0. The van der Waals surface area contributed by atoms with E-state index < -0.39 is 0 Å². The first-order valence-electron chi connectivity index (χ1n) is 8.61. The van der Waals surface area contributed by atoms with Gasteiger partial charge in [-0.3, -0.25) is 0 Å². The quantitative estimate of drug-likeness (QED) is 0.901. The molecule has 1 aromatic heterocycles. The standard InChI is InChI=1S/C19H25N3O2/c1-12(11-17-13(2)22-24-14(17)3)20-19(23)21-18-10-6-8-15-7-4-5-9-16(15)18/h4-5,7,9,12,18H,6,8,10-11H2,1-3H3,(H2,20,21,23). The van der Waals surface area contributed by atoms with E-state index in [0.29, 0.717) is 0 Å². The number of benzene rings is 1. The molecule has 1 aromatic carbocycles. The molecule has 1 aliphatic rings. The van der Waals surface area contributed by atoms with Crippen molar-refractivity contribution in [3.05, 3.63) is 52.4 Å². The highest BCUT2D eigenvalue weighted by atomic mass is 16.5. The lowest BCUT2D eigenvalue weighted by atomic mass is 9.88. The second-order valence-corrected chi connectivity index (χ2v) is 6.67. The highest BCUT2D eigenvalue weighted by molar-refractivity contribution is 5.75. The first kappa shape index (κ1) is 16.6. The van der Waals surface area contributed by atoms with Gasteiger partial charge in [0.1, 0.15) is 5.76 Å². The minimum atomic E-state index is -0.115. The van der Waals surface area contributed by atoms with Crippen LogP contribution in [0.1, 0.15) is 54.0 Å². The maximum atomic E-state index is 12.4. The van der Waals surface area contributed by atoms with Gasteiger partial charge < -0.3 is 15.2 Å². The molecule has 1 heterocycles. The third-order valence-corrected chi connectivity index (χ3v) is 4.74. The normalized spacial score (nSPS) is 17.9. The van der Waals surface area contributed by atoms with Crippen molar-refractivity contribution in [2.24, 2.45) is 0 Å². The second kappa shape index (κ2) is 7.07. The number of carbonyl (C=O) groups is 1. The van der Waals surface area contributed by atoms with Gasteiger partial charge in [0.2, 0.25) is 0 Å². The van der Waals surface area contributed by atoms with Crippen LogP contribution >= 0.6 is 0 Å². The molecule has 0 saturated carbocycles. The van der Waals surface area contributed by atoms with Gasteiger partial charge in [0.15, 0.2) is 0 Å². The Balaban J connectivity index is 1.58. The molecule has 2 amide bonds. The summed E-state index contributed by atoms with van der Waals surface area (Å²) in [4.78, 5) is 12.4. The molecule has 5 heteroatoms. The van der Waals surface area contributed by atoms with Crippen molar-refractivity contribution in [1.29, 1.82) is 0 Å². The van der Waals surface area contributed by atoms with Crippen molar-refractivity contribution in [2.45, 2.75) is 58.5 Å². The van der Waals surface area contributed by atoms with Crippen molar-refractivity contribution in [1.82, 2.24) is 15.8 Å². The monoisotopic (exact) mass is 327 g/mol. The summed E-state index contributed by atoms with van der Waals surface area (Å²) in [5.74, 6) is 0.822. The lowest BCUT2D eigenvalue weighted by Gasteiger charge is -2.27. The lowest BCUT2D eigenvalue weighted by molar-refractivity contribution is 0.232. The summed E-state index contributed by atoms with van der Waals surface area (Å²) in [5.41, 5.74) is 4.56. The molecule has 0 bridgehead atoms. The molecule has 0 saturated heterocycles. The maximum absolute atomic E-state index is 12.4. The molecule has 0 spiro atoms. The first-order chi connectivity index (χ1) is 11.5. The van der Waals surface area contributed by atoms with E-state index in [1.165, 1.54) is 11.1 Å². The fourth-order valence-electron chi connectivity index (χ4n) is 3.48. The van der Waals surface area contributed by atoms with Gasteiger partial charge in [-0.2, -0.15) is 0 Å². The van der Waals surface area contributed by atoms with Crippen LogP contribution in [0.2, 0.25) is 0 Å². The Hall–Kier alpha value is -2.30. The predicted molar refractivity (Wildman–Crippen MR) is 92.9 cm³/mol. The molecule has 0 aliphatic heterocycles. The highest BCUT2D eigenvalue weighted by Gasteiger charge is 2.22. The van der Waals surface area contributed by atoms with Crippen LogP contribution in [-0.2, 0) is 12.8 Å². The van der Waals surface area contributed by atoms with Crippen molar-refractivity contribution in [2.75, 3.05) is 0 Å². The van der Waals surface area contributed by atoms with Crippen LogP contribution in [0.5, 0.6) is 0 Å². The molecule has 5 nitrogen and oxygen atoms in total. The molecular formula is C19H25N3O2. The SMILES string of the molecule is Cc1noc(C)c1CC(C)NC(=O)NC1CCCc2ccccc21. The zero-order valence-electron chi connectivity index (χ0n) is 14.6. The number of hydrogen-bond donors (Lipinski definition) is 2. The van der Waals surface area contributed by atoms with Gasteiger partial charge in [-0.15, -0.1) is 0 Å². The van der Waals surface area contributed by atoms with Crippen LogP contribution in [0.25, 0.3) is 0 Å². The molecule has 2 aromatic rings. The predicted octanol–water partition coefficient (Wildman–Crippen LogP) is 3.60. The second-order valence-electron chi connectivity index (χ2n) is 6.67. The van der Waals surface area contributed by atoms with Crippen LogP contribution in [0.3, 0.4) is 0 Å². The molecular weight excluding hydrogens is 302 g/mol. The number of amides is 2. The van der Waals surface area contributed by atoms with Crippen molar-refractivity contribution >= 4 is 6.03 Å². The van der Waals surface area contributed by atoms with Crippen LogP contribution in [0.4, 0.5) is 4.79 Å². The minimum Gasteiger partial charge on any atom is -0.361 e. The molecule has 1 aliphatic carbocycles. The Morgan fingerprint density at radius 2 is 2.17 bits per heavy atom. The largest absolute Gasteiger partial charge is 0.361 e. The maximum Gasteiger partial charge on any atom is 0.315 e. The van der Waals surface area contributed by atoms with Gasteiger partial charge in [-0.05, 0) is 57.6 Å². The molecule has 128 valence electrons. The third-order valence-electron chi connectivity index (χ3n) is 4.74. The molecule has 0 radical (unpaired) electrons. The van der Waals surface area contributed by atoms with E-state index in [1.54, 1.807) is 0 Å². The van der Waals surface area contributed by atoms with Gasteiger partial charge in [-0.1, -0.05) is 29.4 Å². The van der Waals surface area contributed by atoms with Crippen LogP contribution in [0, 0.1) is 13.8 Å². The fraction of sp³-hybridized carbons (Fsp3) is 0.474. The summed E-state index contributed by atoms with van der Waals surface area (Å²) in [6.07, 6.45) is 3.91. The van der Waals surface area contributed by atoms with Crippen molar-refractivity contribution in [3.63, 3.8) is 0 Å². The number of nitrogens with one attached hydrogen (secondary N) is 2. The molecule has 2 unspecified atom stereocenters. The summed E-state index contributed by atoms with van der Waals surface area (Å²) in [6, 6.07) is 8.37. The van der Waals surface area contributed by atoms with Crippen LogP contribution in [0.15, 0.2) is 28.8 Å². The number of rotatable bonds is 4. The van der Waals surface area contributed by atoms with Gasteiger partial charge >= 0.3 is 6.03 Å². The third kappa shape index (κ3) is 3.61. The summed E-state index contributed by atoms with van der Waals surface area (Å²) >= 11 is 0. The zero-order valence-corrected chi connectivity index (χ0v) is 14.6. The fourth-order valence-corrected chi connectivity index (χ4v) is 3.48. The Bertz CT molecular complexity index is 704. The minimum absolute atomic E-state index is 0.0145. The molecule has 2 atom stereocenters. The van der Waals surface area contributed by atoms with E-state index >= 15 is 0 Å². The topological polar surface area (TPSA) is 67.2 Å². The molecule has 3 rings (SSSR count). The van der Waals surface area contributed by atoms with E-state index in [0.717, 1.165) is 42.7 Å². The van der Waals surface area contributed by atoms with E-state index in [1.807, 2.05) is 26.8 Å². The highest BCUT2D eigenvalue weighted by Crippen LogP contribution is 2.29. The molecule has 0 fully saturated rings. The molecule has 24 heavy (non-hydrogen) atoms. The van der Waals surface area contributed by atoms with Crippen molar-refractivity contribution in [3.8, 4) is 0 Å². The number of urea groups is 1. The van der Waals surface area contributed by atoms with Gasteiger partial charge in [0.25, 0.3) is 0 Å². The zero-order chi connectivity index (χ0) is 17.1. The summed E-state index contributed by atoms with van der Waals surface area (Å²) < 4.78 is 5.18.